The summed E-state index contributed by atoms with van der Waals surface area (Å²) in [6.45, 7) is 5.49. The topological polar surface area (TPSA) is 16.1 Å². The Labute approximate surface area is 133 Å². The van der Waals surface area contributed by atoms with E-state index >= 15 is 0 Å². The molecule has 0 amide bonds. The van der Waals surface area contributed by atoms with Gasteiger partial charge in [0.15, 0.2) is 0 Å². The molecule has 3 rings (SSSR count). The van der Waals surface area contributed by atoms with Gasteiger partial charge >= 0.3 is 0 Å². The molecule has 2 aromatic rings. The molecule has 0 fully saturated rings. The van der Waals surface area contributed by atoms with E-state index in [1.807, 2.05) is 12.4 Å². The zero-order chi connectivity index (χ0) is 15.4. The number of anilines is 1. The van der Waals surface area contributed by atoms with Crippen LogP contribution in [0.1, 0.15) is 48.9 Å². The largest absolute Gasteiger partial charge is 0.364 e. The first kappa shape index (κ1) is 14.8. The number of pyridine rings is 1. The third-order valence-electron chi connectivity index (χ3n) is 4.40. The summed E-state index contributed by atoms with van der Waals surface area (Å²) in [7, 11) is 0. The molecule has 0 saturated carbocycles. The van der Waals surface area contributed by atoms with Crippen LogP contribution in [0.4, 0.5) is 5.69 Å². The number of aromatic nitrogens is 1. The quantitative estimate of drug-likeness (QED) is 0.774. The van der Waals surface area contributed by atoms with Gasteiger partial charge in [-0.05, 0) is 48.9 Å². The molecular formula is C20H24N2. The molecule has 1 aliphatic carbocycles. The van der Waals surface area contributed by atoms with Crippen molar-refractivity contribution in [3.8, 4) is 0 Å². The summed E-state index contributed by atoms with van der Waals surface area (Å²) in [5, 5.41) is 0. The lowest BCUT2D eigenvalue weighted by Crippen LogP contribution is -2.30. The lowest BCUT2D eigenvalue weighted by atomic mass is 9.96. The average molecular weight is 292 g/mol. The van der Waals surface area contributed by atoms with E-state index in [0.717, 1.165) is 25.8 Å². The van der Waals surface area contributed by atoms with Crippen molar-refractivity contribution in [3.63, 3.8) is 0 Å². The van der Waals surface area contributed by atoms with Gasteiger partial charge < -0.3 is 4.90 Å². The molecule has 1 unspecified atom stereocenters. The van der Waals surface area contributed by atoms with E-state index in [0.29, 0.717) is 6.04 Å². The third-order valence-corrected chi connectivity index (χ3v) is 4.40. The van der Waals surface area contributed by atoms with Crippen LogP contribution < -0.4 is 4.90 Å². The number of rotatable bonds is 4. The highest BCUT2D eigenvalue weighted by molar-refractivity contribution is 5.60. The SMILES string of the molecule is CCCN(c1ccncc1C)C1CCC=Cc2ccccc21. The first-order chi connectivity index (χ1) is 10.8. The molecule has 1 atom stereocenters. The number of fused-ring (bicyclic) bond motifs is 1. The molecule has 0 spiro atoms. The summed E-state index contributed by atoms with van der Waals surface area (Å²) in [6, 6.07) is 11.4. The van der Waals surface area contributed by atoms with Crippen LogP contribution in [-0.4, -0.2) is 11.5 Å². The maximum atomic E-state index is 4.26. The van der Waals surface area contributed by atoms with Crippen LogP contribution in [0.15, 0.2) is 48.8 Å². The Morgan fingerprint density at radius 2 is 2.09 bits per heavy atom. The Morgan fingerprint density at radius 3 is 2.91 bits per heavy atom. The van der Waals surface area contributed by atoms with Crippen LogP contribution in [0.2, 0.25) is 0 Å². The van der Waals surface area contributed by atoms with Gasteiger partial charge in [-0.15, -0.1) is 0 Å². The summed E-state index contributed by atoms with van der Waals surface area (Å²) in [6.07, 6.45) is 11.9. The van der Waals surface area contributed by atoms with Gasteiger partial charge in [0.1, 0.15) is 0 Å². The number of allylic oxidation sites excluding steroid dienone is 1. The van der Waals surface area contributed by atoms with E-state index in [-0.39, 0.29) is 0 Å². The highest BCUT2D eigenvalue weighted by Crippen LogP contribution is 2.36. The van der Waals surface area contributed by atoms with Crippen molar-refractivity contribution in [2.75, 3.05) is 11.4 Å². The smallest absolute Gasteiger partial charge is 0.0551 e. The second kappa shape index (κ2) is 6.78. The molecular weight excluding hydrogens is 268 g/mol. The maximum absolute atomic E-state index is 4.26. The molecule has 0 radical (unpaired) electrons. The maximum Gasteiger partial charge on any atom is 0.0551 e. The molecule has 114 valence electrons. The minimum atomic E-state index is 0.437. The fourth-order valence-electron chi connectivity index (χ4n) is 3.38. The van der Waals surface area contributed by atoms with Gasteiger partial charge in [0.2, 0.25) is 0 Å². The van der Waals surface area contributed by atoms with Gasteiger partial charge in [0, 0.05) is 24.6 Å². The summed E-state index contributed by atoms with van der Waals surface area (Å²) in [5.41, 5.74) is 5.38. The molecule has 2 nitrogen and oxygen atoms in total. The lowest BCUT2D eigenvalue weighted by molar-refractivity contribution is 0.576. The molecule has 1 aromatic heterocycles. The Morgan fingerprint density at radius 1 is 1.23 bits per heavy atom. The Bertz CT molecular complexity index is 660. The molecule has 1 aliphatic rings. The second-order valence-corrected chi connectivity index (χ2v) is 5.98. The zero-order valence-corrected chi connectivity index (χ0v) is 13.5. The predicted molar refractivity (Wildman–Crippen MR) is 94.1 cm³/mol. The van der Waals surface area contributed by atoms with Gasteiger partial charge in [-0.25, -0.2) is 0 Å². The molecule has 0 aliphatic heterocycles. The van der Waals surface area contributed by atoms with Crippen LogP contribution in [-0.2, 0) is 0 Å². The minimum absolute atomic E-state index is 0.437. The van der Waals surface area contributed by atoms with Crippen molar-refractivity contribution in [1.29, 1.82) is 0 Å². The fourth-order valence-corrected chi connectivity index (χ4v) is 3.38. The van der Waals surface area contributed by atoms with Crippen LogP contribution in [0.3, 0.4) is 0 Å². The van der Waals surface area contributed by atoms with Crippen LogP contribution >= 0.6 is 0 Å². The van der Waals surface area contributed by atoms with E-state index in [1.165, 1.54) is 22.4 Å². The highest BCUT2D eigenvalue weighted by Gasteiger charge is 2.23. The van der Waals surface area contributed by atoms with Crippen LogP contribution in [0, 0.1) is 6.92 Å². The highest BCUT2D eigenvalue weighted by atomic mass is 15.2. The molecule has 1 aromatic carbocycles. The van der Waals surface area contributed by atoms with Gasteiger partial charge in [0.05, 0.1) is 6.04 Å². The van der Waals surface area contributed by atoms with Gasteiger partial charge in [0.25, 0.3) is 0 Å². The molecule has 0 N–H and O–H groups in total. The van der Waals surface area contributed by atoms with Crippen molar-refractivity contribution in [2.45, 2.75) is 39.2 Å². The molecule has 22 heavy (non-hydrogen) atoms. The zero-order valence-electron chi connectivity index (χ0n) is 13.5. The molecule has 0 bridgehead atoms. The van der Waals surface area contributed by atoms with E-state index in [2.05, 4.69) is 66.2 Å². The van der Waals surface area contributed by atoms with E-state index < -0.39 is 0 Å². The second-order valence-electron chi connectivity index (χ2n) is 5.98. The molecule has 0 saturated heterocycles. The summed E-state index contributed by atoms with van der Waals surface area (Å²) in [4.78, 5) is 6.83. The lowest BCUT2D eigenvalue weighted by Gasteiger charge is -2.35. The third kappa shape index (κ3) is 2.92. The van der Waals surface area contributed by atoms with Gasteiger partial charge in [-0.2, -0.15) is 0 Å². The molecule has 1 heterocycles. The van der Waals surface area contributed by atoms with Crippen molar-refractivity contribution in [2.24, 2.45) is 0 Å². The normalized spacial score (nSPS) is 16.9. The van der Waals surface area contributed by atoms with E-state index in [4.69, 9.17) is 0 Å². The first-order valence-electron chi connectivity index (χ1n) is 8.24. The van der Waals surface area contributed by atoms with Gasteiger partial charge in [-0.1, -0.05) is 43.3 Å². The number of hydrogen-bond donors (Lipinski definition) is 0. The van der Waals surface area contributed by atoms with E-state index in [1.54, 1.807) is 0 Å². The average Bonchev–Trinajstić information content (AvgIpc) is 2.76. The summed E-state index contributed by atoms with van der Waals surface area (Å²) >= 11 is 0. The Kier molecular flexibility index (Phi) is 4.57. The van der Waals surface area contributed by atoms with Crippen molar-refractivity contribution >= 4 is 11.8 Å². The number of hydrogen-bond acceptors (Lipinski definition) is 2. The fraction of sp³-hybridized carbons (Fsp3) is 0.350. The minimum Gasteiger partial charge on any atom is -0.364 e. The number of benzene rings is 1. The predicted octanol–water partition coefficient (Wildman–Crippen LogP) is 5.15. The van der Waals surface area contributed by atoms with Crippen LogP contribution in [0.5, 0.6) is 0 Å². The monoisotopic (exact) mass is 292 g/mol. The Balaban J connectivity index is 2.04. The summed E-state index contributed by atoms with van der Waals surface area (Å²) < 4.78 is 0. The Hall–Kier alpha value is -2.09. The van der Waals surface area contributed by atoms with Crippen molar-refractivity contribution in [3.05, 3.63) is 65.5 Å². The standard InChI is InChI=1S/C20H24N2/c1-3-14-22(19-12-13-21-15-16(19)2)20-11-7-5-9-17-8-4-6-10-18(17)20/h4-6,8-10,12-13,15,20H,3,7,11,14H2,1-2H3. The molecule has 2 heteroatoms. The van der Waals surface area contributed by atoms with Crippen LogP contribution in [0.25, 0.3) is 6.08 Å². The number of nitrogens with zero attached hydrogens (tertiary/aromatic N) is 2. The van der Waals surface area contributed by atoms with Crippen molar-refractivity contribution < 1.29 is 0 Å². The number of aryl methyl sites for hydroxylation is 1. The van der Waals surface area contributed by atoms with Crippen molar-refractivity contribution in [1.82, 2.24) is 4.98 Å². The summed E-state index contributed by atoms with van der Waals surface area (Å²) in [5.74, 6) is 0. The van der Waals surface area contributed by atoms with Gasteiger partial charge in [-0.3, -0.25) is 4.98 Å². The first-order valence-corrected chi connectivity index (χ1v) is 8.24. The van der Waals surface area contributed by atoms with E-state index in [9.17, 15) is 0 Å².